The average Bonchev–Trinajstić information content (AvgIpc) is 2.57. The number of benzene rings is 2. The number of rotatable bonds is 7. The summed E-state index contributed by atoms with van der Waals surface area (Å²) in [7, 11) is 0. The zero-order chi connectivity index (χ0) is 17.5. The van der Waals surface area contributed by atoms with Gasteiger partial charge >= 0.3 is 0 Å². The molecule has 0 aliphatic rings. The Kier molecular flexibility index (Phi) is 6.35. The van der Waals surface area contributed by atoms with E-state index in [1.54, 1.807) is 18.2 Å². The van der Waals surface area contributed by atoms with Crippen molar-refractivity contribution in [3.8, 4) is 0 Å². The third-order valence-corrected chi connectivity index (χ3v) is 4.00. The Labute approximate surface area is 146 Å². The molecule has 2 amide bonds. The molecular formula is C18H20ClN3O2. The van der Waals surface area contributed by atoms with Gasteiger partial charge in [-0.05, 0) is 30.2 Å². The van der Waals surface area contributed by atoms with Crippen LogP contribution in [0, 0.1) is 0 Å². The van der Waals surface area contributed by atoms with Crippen molar-refractivity contribution in [2.24, 2.45) is 11.5 Å². The summed E-state index contributed by atoms with van der Waals surface area (Å²) >= 11 is 6.13. The first kappa shape index (κ1) is 18.0. The van der Waals surface area contributed by atoms with Crippen LogP contribution in [0.1, 0.15) is 12.0 Å². The Bertz CT molecular complexity index is 706. The summed E-state index contributed by atoms with van der Waals surface area (Å²) in [6, 6.07) is 15.6. The van der Waals surface area contributed by atoms with Crippen LogP contribution in [-0.2, 0) is 16.0 Å². The van der Waals surface area contributed by atoms with Crippen molar-refractivity contribution < 1.29 is 9.59 Å². The topological polar surface area (TPSA) is 89.4 Å². The zero-order valence-electron chi connectivity index (χ0n) is 13.2. The number of anilines is 1. The summed E-state index contributed by atoms with van der Waals surface area (Å²) in [4.78, 5) is 25.4. The van der Waals surface area contributed by atoms with Gasteiger partial charge in [0.1, 0.15) is 0 Å². The van der Waals surface area contributed by atoms with Crippen molar-refractivity contribution in [2.45, 2.75) is 18.9 Å². The molecule has 4 N–H and O–H groups in total. The van der Waals surface area contributed by atoms with Gasteiger partial charge < -0.3 is 16.4 Å². The molecule has 0 heterocycles. The molecule has 126 valence electrons. The third kappa shape index (κ3) is 4.81. The van der Waals surface area contributed by atoms with E-state index in [-0.39, 0.29) is 18.9 Å². The number of carbonyl (C=O) groups excluding carboxylic acids is 2. The van der Waals surface area contributed by atoms with Crippen LogP contribution in [0.2, 0.25) is 5.02 Å². The lowest BCUT2D eigenvalue weighted by atomic mass is 10.0. The second-order valence-corrected chi connectivity index (χ2v) is 5.85. The van der Waals surface area contributed by atoms with E-state index in [1.807, 2.05) is 36.4 Å². The summed E-state index contributed by atoms with van der Waals surface area (Å²) in [6.07, 6.45) is 0.387. The molecule has 0 aromatic heterocycles. The van der Waals surface area contributed by atoms with Crippen LogP contribution in [0.4, 0.5) is 5.69 Å². The van der Waals surface area contributed by atoms with E-state index in [2.05, 4.69) is 0 Å². The molecule has 0 bridgehead atoms. The minimum Gasteiger partial charge on any atom is -0.370 e. The molecule has 6 heteroatoms. The fourth-order valence-corrected chi connectivity index (χ4v) is 2.60. The Morgan fingerprint density at radius 1 is 1.04 bits per heavy atom. The van der Waals surface area contributed by atoms with Gasteiger partial charge in [-0.25, -0.2) is 0 Å². The van der Waals surface area contributed by atoms with Crippen LogP contribution >= 0.6 is 11.6 Å². The minimum atomic E-state index is -0.766. The van der Waals surface area contributed by atoms with Gasteiger partial charge in [-0.3, -0.25) is 9.59 Å². The second-order valence-electron chi connectivity index (χ2n) is 5.44. The number of nitrogens with zero attached hydrogens (tertiary/aromatic N) is 1. The second kappa shape index (κ2) is 8.47. The Balaban J connectivity index is 2.17. The standard InChI is InChI=1S/C18H20ClN3O2/c19-15-9-5-4-6-13(15)12-16(20)18(24)22(11-10-17(21)23)14-7-2-1-3-8-14/h1-9,16H,10-12,20H2,(H2,21,23). The minimum absolute atomic E-state index is 0.0689. The average molecular weight is 346 g/mol. The lowest BCUT2D eigenvalue weighted by Crippen LogP contribution is -2.46. The van der Waals surface area contributed by atoms with E-state index in [0.717, 1.165) is 5.56 Å². The Morgan fingerprint density at radius 2 is 1.67 bits per heavy atom. The molecule has 0 radical (unpaired) electrons. The van der Waals surface area contributed by atoms with Gasteiger partial charge in [-0.15, -0.1) is 0 Å². The third-order valence-electron chi connectivity index (χ3n) is 3.63. The van der Waals surface area contributed by atoms with Gasteiger partial charge in [0.15, 0.2) is 0 Å². The van der Waals surface area contributed by atoms with E-state index in [1.165, 1.54) is 4.90 Å². The lowest BCUT2D eigenvalue weighted by molar-refractivity contribution is -0.120. The highest BCUT2D eigenvalue weighted by molar-refractivity contribution is 6.31. The number of hydrogen-bond acceptors (Lipinski definition) is 3. The van der Waals surface area contributed by atoms with E-state index in [0.29, 0.717) is 17.1 Å². The maximum Gasteiger partial charge on any atom is 0.244 e. The van der Waals surface area contributed by atoms with Crippen molar-refractivity contribution in [2.75, 3.05) is 11.4 Å². The molecule has 0 aliphatic carbocycles. The molecule has 0 aliphatic heterocycles. The molecule has 2 aromatic carbocycles. The van der Waals surface area contributed by atoms with Crippen LogP contribution < -0.4 is 16.4 Å². The maximum atomic E-state index is 12.8. The number of primary amides is 1. The smallest absolute Gasteiger partial charge is 0.244 e. The van der Waals surface area contributed by atoms with Crippen molar-refractivity contribution in [1.29, 1.82) is 0 Å². The first-order chi connectivity index (χ1) is 11.5. The van der Waals surface area contributed by atoms with Gasteiger partial charge in [0.2, 0.25) is 11.8 Å². The number of para-hydroxylation sites is 1. The molecule has 0 saturated heterocycles. The van der Waals surface area contributed by atoms with E-state index in [4.69, 9.17) is 23.1 Å². The molecule has 0 spiro atoms. The van der Waals surface area contributed by atoms with Crippen molar-refractivity contribution >= 4 is 29.1 Å². The highest BCUT2D eigenvalue weighted by Crippen LogP contribution is 2.19. The van der Waals surface area contributed by atoms with Crippen LogP contribution in [0.3, 0.4) is 0 Å². The van der Waals surface area contributed by atoms with E-state index in [9.17, 15) is 9.59 Å². The molecule has 1 unspecified atom stereocenters. The number of halogens is 1. The molecular weight excluding hydrogens is 326 g/mol. The summed E-state index contributed by atoms with van der Waals surface area (Å²) in [6.45, 7) is 0.189. The first-order valence-corrected chi connectivity index (χ1v) is 8.00. The molecule has 0 saturated carbocycles. The number of nitrogens with two attached hydrogens (primary N) is 2. The summed E-state index contributed by atoms with van der Waals surface area (Å²) in [5.74, 6) is -0.745. The van der Waals surface area contributed by atoms with Gasteiger partial charge in [0.05, 0.1) is 6.04 Å². The number of carbonyl (C=O) groups is 2. The van der Waals surface area contributed by atoms with Crippen molar-refractivity contribution in [3.63, 3.8) is 0 Å². The molecule has 24 heavy (non-hydrogen) atoms. The number of amides is 2. The van der Waals surface area contributed by atoms with Crippen molar-refractivity contribution in [3.05, 3.63) is 65.2 Å². The van der Waals surface area contributed by atoms with Gasteiger partial charge in [-0.2, -0.15) is 0 Å². The molecule has 0 fully saturated rings. The maximum absolute atomic E-state index is 12.8. The normalized spacial score (nSPS) is 11.8. The fourth-order valence-electron chi connectivity index (χ4n) is 2.38. The predicted octanol–water partition coefficient (Wildman–Crippen LogP) is 2.12. The van der Waals surface area contributed by atoms with E-state index >= 15 is 0 Å². The molecule has 5 nitrogen and oxygen atoms in total. The largest absolute Gasteiger partial charge is 0.370 e. The highest BCUT2D eigenvalue weighted by Gasteiger charge is 2.23. The summed E-state index contributed by atoms with van der Waals surface area (Å²) in [5.41, 5.74) is 12.8. The SMILES string of the molecule is NC(=O)CCN(C(=O)C(N)Cc1ccccc1Cl)c1ccccc1. The Morgan fingerprint density at radius 3 is 2.29 bits per heavy atom. The summed E-state index contributed by atoms with van der Waals surface area (Å²) in [5, 5.41) is 0.573. The fraction of sp³-hybridized carbons (Fsp3) is 0.222. The molecule has 1 atom stereocenters. The molecule has 2 aromatic rings. The van der Waals surface area contributed by atoms with Crippen LogP contribution in [0.15, 0.2) is 54.6 Å². The number of hydrogen-bond donors (Lipinski definition) is 2. The van der Waals surface area contributed by atoms with E-state index < -0.39 is 11.9 Å². The zero-order valence-corrected chi connectivity index (χ0v) is 13.9. The van der Waals surface area contributed by atoms with Crippen molar-refractivity contribution in [1.82, 2.24) is 0 Å². The molecule has 2 rings (SSSR count). The summed E-state index contributed by atoms with van der Waals surface area (Å²) < 4.78 is 0. The van der Waals surface area contributed by atoms with Gasteiger partial charge in [-0.1, -0.05) is 48.0 Å². The Hall–Kier alpha value is -2.37. The highest BCUT2D eigenvalue weighted by atomic mass is 35.5. The van der Waals surface area contributed by atoms with Crippen LogP contribution in [0.25, 0.3) is 0 Å². The quantitative estimate of drug-likeness (QED) is 0.805. The van der Waals surface area contributed by atoms with Gasteiger partial charge in [0, 0.05) is 23.7 Å². The lowest BCUT2D eigenvalue weighted by Gasteiger charge is -2.25. The van der Waals surface area contributed by atoms with Crippen LogP contribution in [0.5, 0.6) is 0 Å². The first-order valence-electron chi connectivity index (χ1n) is 7.62. The monoisotopic (exact) mass is 345 g/mol. The van der Waals surface area contributed by atoms with Crippen LogP contribution in [-0.4, -0.2) is 24.4 Å². The van der Waals surface area contributed by atoms with Gasteiger partial charge in [0.25, 0.3) is 0 Å². The predicted molar refractivity (Wildman–Crippen MR) is 95.7 cm³/mol.